The van der Waals surface area contributed by atoms with Crippen LogP contribution < -0.4 is 10.6 Å². The third kappa shape index (κ3) is 2.06. The zero-order chi connectivity index (χ0) is 12.0. The largest absolute Gasteiger partial charge is 0.370 e. The zero-order valence-corrected chi connectivity index (χ0v) is 10.9. The van der Waals surface area contributed by atoms with Crippen molar-refractivity contribution in [3.63, 3.8) is 0 Å². The quantitative estimate of drug-likeness (QED) is 0.865. The average molecular weight is 230 g/mol. The van der Waals surface area contributed by atoms with Crippen molar-refractivity contribution in [3.8, 4) is 0 Å². The van der Waals surface area contributed by atoms with Gasteiger partial charge < -0.3 is 10.6 Å². The Morgan fingerprint density at radius 1 is 1.35 bits per heavy atom. The lowest BCUT2D eigenvalue weighted by molar-refractivity contribution is 0.552. The van der Waals surface area contributed by atoms with Crippen LogP contribution in [0.15, 0.2) is 18.2 Å². The van der Waals surface area contributed by atoms with Gasteiger partial charge in [-0.1, -0.05) is 18.2 Å². The predicted molar refractivity (Wildman–Crippen MR) is 72.3 cm³/mol. The summed E-state index contributed by atoms with van der Waals surface area (Å²) in [4.78, 5) is 2.57. The van der Waals surface area contributed by atoms with Gasteiger partial charge in [0, 0.05) is 24.3 Å². The van der Waals surface area contributed by atoms with Crippen LogP contribution in [-0.4, -0.2) is 13.1 Å². The van der Waals surface area contributed by atoms with Gasteiger partial charge in [-0.3, -0.25) is 0 Å². The Kier molecular flexibility index (Phi) is 2.44. The molecule has 2 N–H and O–H groups in total. The maximum atomic E-state index is 6.31. The Balaban J connectivity index is 1.98. The summed E-state index contributed by atoms with van der Waals surface area (Å²) in [7, 11) is 0. The van der Waals surface area contributed by atoms with Crippen molar-refractivity contribution in [2.24, 2.45) is 11.7 Å². The average Bonchev–Trinajstić information content (AvgIpc) is 2.97. The van der Waals surface area contributed by atoms with E-state index < -0.39 is 0 Å². The summed E-state index contributed by atoms with van der Waals surface area (Å²) < 4.78 is 0. The molecule has 0 unspecified atom stereocenters. The van der Waals surface area contributed by atoms with E-state index in [1.165, 1.54) is 49.2 Å². The molecule has 1 saturated carbocycles. The number of fused-ring (bicyclic) bond motifs is 1. The first-order valence-electron chi connectivity index (χ1n) is 6.72. The van der Waals surface area contributed by atoms with Crippen LogP contribution in [0, 0.1) is 5.92 Å². The normalized spacial score (nSPS) is 19.6. The lowest BCUT2D eigenvalue weighted by Crippen LogP contribution is -2.32. The number of anilines is 1. The van der Waals surface area contributed by atoms with Gasteiger partial charge in [-0.2, -0.15) is 0 Å². The Bertz CT molecular complexity index is 427. The van der Waals surface area contributed by atoms with Crippen LogP contribution in [-0.2, 0) is 12.0 Å². The summed E-state index contributed by atoms with van der Waals surface area (Å²) in [6.07, 6.45) is 4.02. The van der Waals surface area contributed by atoms with Gasteiger partial charge >= 0.3 is 0 Å². The predicted octanol–water partition coefficient (Wildman–Crippen LogP) is 2.65. The summed E-state index contributed by atoms with van der Waals surface area (Å²) in [6, 6.07) is 6.62. The van der Waals surface area contributed by atoms with Gasteiger partial charge in [0.15, 0.2) is 0 Å². The van der Waals surface area contributed by atoms with Gasteiger partial charge in [0.1, 0.15) is 0 Å². The molecule has 1 aromatic rings. The molecule has 0 spiro atoms. The monoisotopic (exact) mass is 230 g/mol. The van der Waals surface area contributed by atoms with E-state index in [2.05, 4.69) is 36.9 Å². The molecule has 1 aliphatic heterocycles. The fraction of sp³-hybridized carbons (Fsp3) is 0.600. The fourth-order valence-corrected chi connectivity index (χ4v) is 2.85. The minimum Gasteiger partial charge on any atom is -0.370 e. The molecule has 0 atom stereocenters. The van der Waals surface area contributed by atoms with Crippen molar-refractivity contribution < 1.29 is 0 Å². The van der Waals surface area contributed by atoms with Crippen LogP contribution in [0.2, 0.25) is 0 Å². The Morgan fingerprint density at radius 2 is 2.12 bits per heavy atom. The molecule has 0 aromatic heterocycles. The minimum absolute atomic E-state index is 0.239. The second-order valence-electron chi connectivity index (χ2n) is 6.17. The van der Waals surface area contributed by atoms with E-state index in [4.69, 9.17) is 5.73 Å². The summed E-state index contributed by atoms with van der Waals surface area (Å²) >= 11 is 0. The van der Waals surface area contributed by atoms with Gasteiger partial charge in [0.2, 0.25) is 0 Å². The molecule has 17 heavy (non-hydrogen) atoms. The molecule has 1 heterocycles. The highest BCUT2D eigenvalue weighted by molar-refractivity contribution is 5.65. The van der Waals surface area contributed by atoms with E-state index in [-0.39, 0.29) is 5.54 Å². The third-order valence-electron chi connectivity index (χ3n) is 3.96. The number of rotatable bonds is 3. The molecule has 0 saturated heterocycles. The number of nitrogens with two attached hydrogens (primary N) is 1. The molecule has 1 aliphatic carbocycles. The van der Waals surface area contributed by atoms with E-state index >= 15 is 0 Å². The molecular formula is C15H22N2. The topological polar surface area (TPSA) is 29.3 Å². The number of benzene rings is 1. The van der Waals surface area contributed by atoms with Crippen LogP contribution in [0.1, 0.15) is 37.8 Å². The second kappa shape index (κ2) is 3.74. The van der Waals surface area contributed by atoms with Crippen molar-refractivity contribution in [2.45, 2.75) is 38.6 Å². The van der Waals surface area contributed by atoms with Crippen molar-refractivity contribution >= 4 is 5.69 Å². The van der Waals surface area contributed by atoms with Gasteiger partial charge in [0.05, 0.1) is 0 Å². The number of hydrogen-bond acceptors (Lipinski definition) is 2. The molecule has 0 amide bonds. The third-order valence-corrected chi connectivity index (χ3v) is 3.96. The van der Waals surface area contributed by atoms with Crippen LogP contribution >= 0.6 is 0 Å². The summed E-state index contributed by atoms with van der Waals surface area (Å²) in [5, 5.41) is 0. The molecule has 92 valence electrons. The first-order valence-corrected chi connectivity index (χ1v) is 6.72. The second-order valence-corrected chi connectivity index (χ2v) is 6.17. The van der Waals surface area contributed by atoms with Crippen molar-refractivity contribution in [3.05, 3.63) is 29.3 Å². The molecule has 1 fully saturated rings. The van der Waals surface area contributed by atoms with Crippen LogP contribution in [0.3, 0.4) is 0 Å². The lowest BCUT2D eigenvalue weighted by atomic mass is 9.92. The highest BCUT2D eigenvalue weighted by atomic mass is 15.2. The standard InChI is InChI=1S/C15H22N2/c1-15(2,16)13-5-3-4-12-8-9-17(14(12)13)10-11-6-7-11/h3-5,11H,6-10,16H2,1-2H3. The van der Waals surface area contributed by atoms with Crippen molar-refractivity contribution in [1.29, 1.82) is 0 Å². The van der Waals surface area contributed by atoms with Crippen molar-refractivity contribution in [2.75, 3.05) is 18.0 Å². The van der Waals surface area contributed by atoms with Gasteiger partial charge in [-0.05, 0) is 50.2 Å². The summed E-state index contributed by atoms with van der Waals surface area (Å²) in [5.74, 6) is 0.940. The minimum atomic E-state index is -0.239. The van der Waals surface area contributed by atoms with E-state index in [1.807, 2.05) is 0 Å². The summed E-state index contributed by atoms with van der Waals surface area (Å²) in [5.41, 5.74) is 10.3. The highest BCUT2D eigenvalue weighted by Gasteiger charge is 2.31. The number of hydrogen-bond donors (Lipinski definition) is 1. The highest BCUT2D eigenvalue weighted by Crippen LogP contribution is 2.39. The van der Waals surface area contributed by atoms with Crippen molar-refractivity contribution in [1.82, 2.24) is 0 Å². The molecule has 1 aromatic carbocycles. The molecule has 0 bridgehead atoms. The van der Waals surface area contributed by atoms with E-state index in [0.717, 1.165) is 5.92 Å². The molecule has 3 rings (SSSR count). The first-order chi connectivity index (χ1) is 8.05. The van der Waals surface area contributed by atoms with E-state index in [0.29, 0.717) is 0 Å². The van der Waals surface area contributed by atoms with Gasteiger partial charge in [0.25, 0.3) is 0 Å². The Labute approximate surface area is 104 Å². The maximum Gasteiger partial charge on any atom is 0.0450 e. The first kappa shape index (κ1) is 11.1. The van der Waals surface area contributed by atoms with Crippen LogP contribution in [0.4, 0.5) is 5.69 Å². The lowest BCUT2D eigenvalue weighted by Gasteiger charge is -2.28. The van der Waals surface area contributed by atoms with E-state index in [9.17, 15) is 0 Å². The number of para-hydroxylation sites is 1. The molecule has 2 heteroatoms. The fourth-order valence-electron chi connectivity index (χ4n) is 2.85. The van der Waals surface area contributed by atoms with Gasteiger partial charge in [-0.25, -0.2) is 0 Å². The Hall–Kier alpha value is -1.02. The smallest absolute Gasteiger partial charge is 0.0450 e. The molecule has 2 aliphatic rings. The molecular weight excluding hydrogens is 208 g/mol. The molecule has 0 radical (unpaired) electrons. The summed E-state index contributed by atoms with van der Waals surface area (Å²) in [6.45, 7) is 6.63. The Morgan fingerprint density at radius 3 is 2.76 bits per heavy atom. The number of nitrogens with zero attached hydrogens (tertiary/aromatic N) is 1. The van der Waals surface area contributed by atoms with Crippen LogP contribution in [0.5, 0.6) is 0 Å². The van der Waals surface area contributed by atoms with Crippen LogP contribution in [0.25, 0.3) is 0 Å². The SMILES string of the molecule is CC(C)(N)c1cccc2c1N(CC1CC1)CC2. The zero-order valence-electron chi connectivity index (χ0n) is 10.9. The van der Waals surface area contributed by atoms with E-state index in [1.54, 1.807) is 0 Å². The molecule has 2 nitrogen and oxygen atoms in total. The van der Waals surface area contributed by atoms with Gasteiger partial charge in [-0.15, -0.1) is 0 Å². The maximum absolute atomic E-state index is 6.31.